The number of thiophene rings is 1. The molecule has 0 spiro atoms. The van der Waals surface area contributed by atoms with Crippen LogP contribution in [0.15, 0.2) is 48.9 Å². The van der Waals surface area contributed by atoms with Gasteiger partial charge < -0.3 is 15.4 Å². The van der Waals surface area contributed by atoms with Crippen molar-refractivity contribution in [3.8, 4) is 5.75 Å². The number of fused-ring (bicyclic) bond motifs is 3. The maximum absolute atomic E-state index is 12.4. The molecule has 0 radical (unpaired) electrons. The maximum Gasteiger partial charge on any atom is 0.166 e. The van der Waals surface area contributed by atoms with E-state index in [-0.39, 0.29) is 5.78 Å². The van der Waals surface area contributed by atoms with Gasteiger partial charge in [0.1, 0.15) is 29.3 Å². The summed E-state index contributed by atoms with van der Waals surface area (Å²) in [7, 11) is 1.79. The van der Waals surface area contributed by atoms with Gasteiger partial charge in [-0.3, -0.25) is 9.78 Å². The number of carbonyl (C=O) groups is 1. The van der Waals surface area contributed by atoms with Crippen molar-refractivity contribution in [2.45, 2.75) is 26.4 Å². The number of nitrogens with one attached hydrogen (secondary N) is 2. The molecule has 0 fully saturated rings. The number of ketones is 1. The summed E-state index contributed by atoms with van der Waals surface area (Å²) < 4.78 is 5.87. The van der Waals surface area contributed by atoms with Gasteiger partial charge in [0, 0.05) is 35.9 Å². The predicted octanol–water partition coefficient (Wildman–Crippen LogP) is 5.45. The number of nitrogens with zero attached hydrogens (tertiary/aromatic N) is 3. The largest absolute Gasteiger partial charge is 0.486 e. The Labute approximate surface area is 205 Å². The van der Waals surface area contributed by atoms with Crippen LogP contribution in [0.4, 0.5) is 11.5 Å². The van der Waals surface area contributed by atoms with E-state index in [2.05, 4.69) is 25.6 Å². The van der Waals surface area contributed by atoms with E-state index in [1.165, 1.54) is 17.7 Å². The van der Waals surface area contributed by atoms with Gasteiger partial charge in [0.15, 0.2) is 5.78 Å². The van der Waals surface area contributed by atoms with Crippen LogP contribution in [0.5, 0.6) is 5.75 Å². The lowest BCUT2D eigenvalue weighted by molar-refractivity contribution is -0.113. The Morgan fingerprint density at radius 1 is 1.21 bits per heavy atom. The smallest absolute Gasteiger partial charge is 0.166 e. The second kappa shape index (κ2) is 9.40. The van der Waals surface area contributed by atoms with Crippen LogP contribution >= 0.6 is 22.9 Å². The van der Waals surface area contributed by atoms with Gasteiger partial charge in [0.05, 0.1) is 21.7 Å². The predicted molar refractivity (Wildman–Crippen MR) is 136 cm³/mol. The van der Waals surface area contributed by atoms with E-state index in [1.54, 1.807) is 13.2 Å². The number of benzene rings is 1. The second-order valence-electron chi connectivity index (χ2n) is 7.91. The zero-order valence-electron chi connectivity index (χ0n) is 18.7. The molecule has 4 aromatic rings. The Bertz CT molecular complexity index is 1430. The Hall–Kier alpha value is -3.49. The topological polar surface area (TPSA) is 89.0 Å². The lowest BCUT2D eigenvalue weighted by Crippen LogP contribution is -2.13. The fourth-order valence-corrected chi connectivity index (χ4v) is 5.46. The number of ether oxygens (including phenoxy) is 1. The molecule has 34 heavy (non-hydrogen) atoms. The SMILES string of the molecule is CN/C=C1/C(=O)CCc2c1sc1ncnc(Nc3ccc(OCc4cccc(C)n4)c(Cl)c3)c21. The highest BCUT2D eigenvalue weighted by Crippen LogP contribution is 2.42. The van der Waals surface area contributed by atoms with Gasteiger partial charge >= 0.3 is 0 Å². The Morgan fingerprint density at radius 3 is 2.88 bits per heavy atom. The molecule has 0 unspecified atom stereocenters. The van der Waals surface area contributed by atoms with E-state index in [9.17, 15) is 4.79 Å². The molecule has 3 aromatic heterocycles. The van der Waals surface area contributed by atoms with Crippen molar-refractivity contribution in [3.63, 3.8) is 0 Å². The maximum atomic E-state index is 12.4. The normalized spacial score (nSPS) is 14.3. The van der Waals surface area contributed by atoms with Crippen molar-refractivity contribution in [2.24, 2.45) is 0 Å². The standard InChI is InChI=1S/C25H22ClN5O2S/c1-14-4-3-5-16(30-14)12-33-21-9-6-15(10-19(21)26)31-24-22-17-7-8-20(32)18(11-27-2)23(17)34-25(22)29-13-28-24/h3-6,9-11,13,27H,7-8,12H2,1-2H3,(H,28,29,31)/b18-11-. The van der Waals surface area contributed by atoms with Crippen LogP contribution in [-0.4, -0.2) is 27.8 Å². The molecule has 9 heteroatoms. The minimum atomic E-state index is 0.138. The van der Waals surface area contributed by atoms with Crippen LogP contribution in [0.2, 0.25) is 5.02 Å². The van der Waals surface area contributed by atoms with Gasteiger partial charge in [-0.05, 0) is 49.2 Å². The molecule has 0 aliphatic heterocycles. The lowest BCUT2D eigenvalue weighted by atomic mass is 9.92. The number of allylic oxidation sites excluding steroid dienone is 1. The van der Waals surface area contributed by atoms with Crippen molar-refractivity contribution >= 4 is 56.0 Å². The van der Waals surface area contributed by atoms with E-state index < -0.39 is 0 Å². The molecule has 0 saturated carbocycles. The average molecular weight is 492 g/mol. The van der Waals surface area contributed by atoms with Crippen LogP contribution < -0.4 is 15.4 Å². The highest BCUT2D eigenvalue weighted by atomic mass is 35.5. The summed E-state index contributed by atoms with van der Waals surface area (Å²) in [6, 6.07) is 11.4. The van der Waals surface area contributed by atoms with Crippen LogP contribution in [0.3, 0.4) is 0 Å². The van der Waals surface area contributed by atoms with Gasteiger partial charge in [-0.25, -0.2) is 9.97 Å². The van der Waals surface area contributed by atoms with E-state index in [0.29, 0.717) is 41.6 Å². The minimum absolute atomic E-state index is 0.138. The molecule has 7 nitrogen and oxygen atoms in total. The number of Topliss-reactive ketones (excluding diaryl/α,β-unsaturated/α-hetero) is 1. The first-order valence-corrected chi connectivity index (χ1v) is 12.0. The number of halogens is 1. The highest BCUT2D eigenvalue weighted by molar-refractivity contribution is 7.20. The third-order valence-corrected chi connectivity index (χ3v) is 7.01. The van der Waals surface area contributed by atoms with E-state index in [4.69, 9.17) is 16.3 Å². The number of hydrogen-bond acceptors (Lipinski definition) is 8. The van der Waals surface area contributed by atoms with Crippen molar-refractivity contribution in [1.82, 2.24) is 20.3 Å². The van der Waals surface area contributed by atoms with Gasteiger partial charge in [-0.1, -0.05) is 17.7 Å². The average Bonchev–Trinajstić information content (AvgIpc) is 3.20. The first kappa shape index (κ1) is 22.3. The van der Waals surface area contributed by atoms with Crippen molar-refractivity contribution in [1.29, 1.82) is 0 Å². The summed E-state index contributed by atoms with van der Waals surface area (Å²) in [5.41, 5.74) is 4.36. The van der Waals surface area contributed by atoms with E-state index in [0.717, 1.165) is 37.7 Å². The van der Waals surface area contributed by atoms with Gasteiger partial charge in [0.2, 0.25) is 0 Å². The summed E-state index contributed by atoms with van der Waals surface area (Å²) in [5.74, 6) is 1.41. The zero-order valence-corrected chi connectivity index (χ0v) is 20.3. The van der Waals surface area contributed by atoms with Gasteiger partial charge in [-0.2, -0.15) is 0 Å². The molecule has 0 bridgehead atoms. The molecule has 0 saturated heterocycles. The number of carbonyl (C=O) groups excluding carboxylic acids is 1. The monoisotopic (exact) mass is 491 g/mol. The van der Waals surface area contributed by atoms with E-state index in [1.807, 2.05) is 43.3 Å². The molecule has 2 N–H and O–H groups in total. The van der Waals surface area contributed by atoms with Gasteiger partial charge in [-0.15, -0.1) is 11.3 Å². The van der Waals surface area contributed by atoms with Crippen LogP contribution in [-0.2, 0) is 17.8 Å². The molecule has 3 heterocycles. The molecule has 0 amide bonds. The molecule has 1 aliphatic carbocycles. The Morgan fingerprint density at radius 2 is 2.09 bits per heavy atom. The van der Waals surface area contributed by atoms with Gasteiger partial charge in [0.25, 0.3) is 0 Å². The highest BCUT2D eigenvalue weighted by Gasteiger charge is 2.28. The fraction of sp³-hybridized carbons (Fsp3) is 0.200. The zero-order chi connectivity index (χ0) is 23.7. The van der Waals surface area contributed by atoms with Crippen molar-refractivity contribution in [2.75, 3.05) is 12.4 Å². The first-order chi connectivity index (χ1) is 16.5. The molecular formula is C25H22ClN5O2S. The van der Waals surface area contributed by atoms with Crippen LogP contribution in [0.1, 0.15) is 28.2 Å². The molecular weight excluding hydrogens is 470 g/mol. The summed E-state index contributed by atoms with van der Waals surface area (Å²) in [5, 5.41) is 7.79. The third-order valence-electron chi connectivity index (χ3n) is 5.54. The van der Waals surface area contributed by atoms with Crippen LogP contribution in [0.25, 0.3) is 15.8 Å². The number of aromatic nitrogens is 3. The molecule has 5 rings (SSSR count). The molecule has 1 aliphatic rings. The molecule has 1 aromatic carbocycles. The van der Waals surface area contributed by atoms with Crippen LogP contribution in [0, 0.1) is 6.92 Å². The minimum Gasteiger partial charge on any atom is -0.486 e. The van der Waals surface area contributed by atoms with E-state index >= 15 is 0 Å². The number of rotatable bonds is 6. The fourth-order valence-electron chi connectivity index (χ4n) is 4.00. The third kappa shape index (κ3) is 4.34. The first-order valence-electron chi connectivity index (χ1n) is 10.8. The van der Waals surface area contributed by atoms with Crippen molar-refractivity contribution < 1.29 is 9.53 Å². The number of anilines is 2. The Balaban J connectivity index is 1.41. The summed E-state index contributed by atoms with van der Waals surface area (Å²) in [6.45, 7) is 2.28. The second-order valence-corrected chi connectivity index (χ2v) is 9.32. The summed E-state index contributed by atoms with van der Waals surface area (Å²) in [6.07, 6.45) is 4.43. The quantitative estimate of drug-likeness (QED) is 0.347. The number of hydrogen-bond donors (Lipinski definition) is 2. The summed E-state index contributed by atoms with van der Waals surface area (Å²) >= 11 is 8.02. The molecule has 0 atom stereocenters. The number of aryl methyl sites for hydroxylation is 2. The lowest BCUT2D eigenvalue weighted by Gasteiger charge is -2.15. The Kier molecular flexibility index (Phi) is 6.17. The number of pyridine rings is 1. The molecule has 172 valence electrons. The van der Waals surface area contributed by atoms with Crippen molar-refractivity contribution in [3.05, 3.63) is 75.8 Å². The summed E-state index contributed by atoms with van der Waals surface area (Å²) in [4.78, 5) is 27.6.